The molecule has 0 radical (unpaired) electrons. The molecule has 152 valence electrons. The van der Waals surface area contributed by atoms with Gasteiger partial charge < -0.3 is 5.32 Å². The molecule has 6 nitrogen and oxygen atoms in total. The lowest BCUT2D eigenvalue weighted by Gasteiger charge is -2.08. The number of aromatic nitrogens is 2. The average molecular weight is 418 g/mol. The van der Waals surface area contributed by atoms with Gasteiger partial charge in [-0.1, -0.05) is 18.3 Å². The summed E-state index contributed by atoms with van der Waals surface area (Å²) in [5, 5.41) is 5.97. The topological polar surface area (TPSA) is 76.0 Å². The first-order valence-corrected chi connectivity index (χ1v) is 10.2. The Morgan fingerprint density at radius 1 is 1.28 bits per heavy atom. The third kappa shape index (κ3) is 3.74. The van der Waals surface area contributed by atoms with Crippen LogP contribution in [0.15, 0.2) is 23.0 Å². The van der Waals surface area contributed by atoms with Crippen molar-refractivity contribution < 1.29 is 13.6 Å². The van der Waals surface area contributed by atoms with Crippen LogP contribution in [0.2, 0.25) is 0 Å². The highest BCUT2D eigenvalue weighted by Crippen LogP contribution is 2.33. The van der Waals surface area contributed by atoms with Gasteiger partial charge in [0.05, 0.1) is 11.1 Å². The van der Waals surface area contributed by atoms with Crippen molar-refractivity contribution >= 4 is 38.3 Å². The molecule has 0 unspecified atom stereocenters. The molecule has 1 aromatic carbocycles. The highest BCUT2D eigenvalue weighted by molar-refractivity contribution is 7.22. The fraction of sp³-hybridized carbons (Fsp3) is 0.350. The van der Waals surface area contributed by atoms with Gasteiger partial charge in [-0.3, -0.25) is 14.7 Å². The fourth-order valence-electron chi connectivity index (χ4n) is 3.52. The molecule has 3 heterocycles. The van der Waals surface area contributed by atoms with Crippen LogP contribution in [0.1, 0.15) is 31.2 Å². The van der Waals surface area contributed by atoms with Crippen LogP contribution in [-0.2, 0) is 13.0 Å². The number of urea groups is 1. The van der Waals surface area contributed by atoms with E-state index < -0.39 is 17.7 Å². The second kappa shape index (κ2) is 7.55. The number of carbonyl (C=O) groups excluding carboxylic acids is 1. The minimum absolute atomic E-state index is 0.0918. The molecular formula is C20H20F2N4O2S. The van der Waals surface area contributed by atoms with E-state index in [2.05, 4.69) is 22.5 Å². The number of aryl methyl sites for hydroxylation is 2. The zero-order chi connectivity index (χ0) is 20.7. The second-order valence-electron chi connectivity index (χ2n) is 7.36. The molecule has 0 bridgehead atoms. The summed E-state index contributed by atoms with van der Waals surface area (Å²) < 4.78 is 28.5. The number of amides is 2. The lowest BCUT2D eigenvalue weighted by Crippen LogP contribution is -2.24. The number of rotatable bonds is 2. The Labute approximate surface area is 169 Å². The molecule has 0 spiro atoms. The minimum atomic E-state index is -0.869. The molecule has 0 saturated carbocycles. The van der Waals surface area contributed by atoms with Crippen LogP contribution in [0.25, 0.3) is 10.2 Å². The lowest BCUT2D eigenvalue weighted by atomic mass is 10.0. The number of hydrogen-bond donors (Lipinski definition) is 2. The first kappa shape index (κ1) is 19.5. The molecular weight excluding hydrogens is 398 g/mol. The zero-order valence-electron chi connectivity index (χ0n) is 16.0. The number of fused-ring (bicyclic) bond motifs is 2. The van der Waals surface area contributed by atoms with Crippen molar-refractivity contribution in [3.05, 3.63) is 51.6 Å². The highest BCUT2D eigenvalue weighted by atomic mass is 32.1. The van der Waals surface area contributed by atoms with Crippen LogP contribution in [-0.4, -0.2) is 15.6 Å². The van der Waals surface area contributed by atoms with Crippen molar-refractivity contribution in [1.82, 2.24) is 9.55 Å². The Balaban J connectivity index is 1.63. The van der Waals surface area contributed by atoms with Crippen molar-refractivity contribution in [2.24, 2.45) is 5.92 Å². The number of anilines is 2. The van der Waals surface area contributed by atoms with Crippen molar-refractivity contribution in [1.29, 1.82) is 0 Å². The van der Waals surface area contributed by atoms with Gasteiger partial charge in [-0.2, -0.15) is 0 Å². The minimum Gasteiger partial charge on any atom is -0.305 e. The first-order chi connectivity index (χ1) is 13.8. The largest absolute Gasteiger partial charge is 0.324 e. The molecule has 4 rings (SSSR count). The highest BCUT2D eigenvalue weighted by Gasteiger charge is 2.21. The molecule has 2 N–H and O–H groups in total. The van der Waals surface area contributed by atoms with Gasteiger partial charge in [0.2, 0.25) is 0 Å². The van der Waals surface area contributed by atoms with E-state index in [0.29, 0.717) is 39.3 Å². The van der Waals surface area contributed by atoms with Crippen LogP contribution < -0.4 is 16.2 Å². The van der Waals surface area contributed by atoms with Gasteiger partial charge in [-0.05, 0) is 43.4 Å². The summed E-state index contributed by atoms with van der Waals surface area (Å²) in [6, 6.07) is 2.22. The summed E-state index contributed by atoms with van der Waals surface area (Å²) in [6.45, 7) is 4.57. The first-order valence-electron chi connectivity index (χ1n) is 9.39. The van der Waals surface area contributed by atoms with E-state index in [9.17, 15) is 18.4 Å². The molecule has 1 aliphatic heterocycles. The average Bonchev–Trinajstić information content (AvgIpc) is 2.84. The summed E-state index contributed by atoms with van der Waals surface area (Å²) in [4.78, 5) is 30.6. The third-order valence-electron chi connectivity index (χ3n) is 5.24. The Morgan fingerprint density at radius 2 is 2.07 bits per heavy atom. The normalized spacial score (nSPS) is 16.3. The molecule has 2 amide bonds. The Hall–Kier alpha value is -2.81. The van der Waals surface area contributed by atoms with Gasteiger partial charge in [0.15, 0.2) is 0 Å². The molecule has 1 atom stereocenters. The van der Waals surface area contributed by atoms with Gasteiger partial charge in [-0.15, -0.1) is 0 Å². The maximum absolute atomic E-state index is 13.7. The predicted molar refractivity (Wildman–Crippen MR) is 110 cm³/mol. The number of halogens is 2. The monoisotopic (exact) mass is 418 g/mol. The summed E-state index contributed by atoms with van der Waals surface area (Å²) in [5.74, 6) is -0.277. The molecule has 0 fully saturated rings. The summed E-state index contributed by atoms with van der Waals surface area (Å²) in [7, 11) is 0. The van der Waals surface area contributed by atoms with Gasteiger partial charge >= 0.3 is 6.03 Å². The molecule has 29 heavy (non-hydrogen) atoms. The number of benzene rings is 1. The molecule has 3 aromatic rings. The third-order valence-corrected chi connectivity index (χ3v) is 6.34. The lowest BCUT2D eigenvalue weighted by molar-refractivity contribution is 0.262. The van der Waals surface area contributed by atoms with Crippen LogP contribution in [0.3, 0.4) is 0 Å². The van der Waals surface area contributed by atoms with Gasteiger partial charge in [0.1, 0.15) is 27.3 Å². The summed E-state index contributed by atoms with van der Waals surface area (Å²) in [6.07, 6.45) is 2.66. The van der Waals surface area contributed by atoms with Crippen LogP contribution in [0.4, 0.5) is 24.3 Å². The van der Waals surface area contributed by atoms with Crippen LogP contribution >= 0.6 is 11.3 Å². The van der Waals surface area contributed by atoms with Crippen molar-refractivity contribution in [3.8, 4) is 0 Å². The van der Waals surface area contributed by atoms with E-state index in [4.69, 9.17) is 0 Å². The second-order valence-corrected chi connectivity index (χ2v) is 8.36. The number of hydrogen-bond acceptors (Lipinski definition) is 4. The maximum Gasteiger partial charge on any atom is 0.324 e. The van der Waals surface area contributed by atoms with Crippen molar-refractivity contribution in [2.45, 2.75) is 39.7 Å². The summed E-state index contributed by atoms with van der Waals surface area (Å²) >= 11 is 1.21. The van der Waals surface area contributed by atoms with Crippen molar-refractivity contribution in [3.63, 3.8) is 0 Å². The van der Waals surface area contributed by atoms with Crippen LogP contribution in [0, 0.1) is 24.5 Å². The van der Waals surface area contributed by atoms with E-state index >= 15 is 0 Å². The number of nitrogens with one attached hydrogen (secondary N) is 2. The maximum atomic E-state index is 13.7. The van der Waals surface area contributed by atoms with E-state index in [1.54, 1.807) is 11.5 Å². The number of thiophene rings is 1. The fourth-order valence-corrected chi connectivity index (χ4v) is 4.60. The molecule has 0 saturated heterocycles. The predicted octanol–water partition coefficient (Wildman–Crippen LogP) is 4.66. The van der Waals surface area contributed by atoms with E-state index in [-0.39, 0.29) is 11.2 Å². The SMILES string of the molecule is Cc1c(NC(=O)Nc2ccc(F)cc2F)sc2nc3n(c(=O)c12)CC[C@H](C)CC3. The zero-order valence-corrected chi connectivity index (χ0v) is 16.8. The smallest absolute Gasteiger partial charge is 0.305 e. The van der Waals surface area contributed by atoms with E-state index in [1.807, 2.05) is 0 Å². The van der Waals surface area contributed by atoms with Gasteiger partial charge in [0.25, 0.3) is 5.56 Å². The van der Waals surface area contributed by atoms with Gasteiger partial charge in [0, 0.05) is 19.0 Å². The standard InChI is InChI=1S/C20H20F2N4O2S/c1-10-3-6-15-24-18-16(19(27)26(15)8-7-10)11(2)17(29-18)25-20(28)23-14-5-4-12(21)9-13(14)22/h4-5,9-10H,3,6-8H2,1-2H3,(H2,23,25,28)/t10-/m1/s1. The Morgan fingerprint density at radius 3 is 2.83 bits per heavy atom. The number of carbonyl (C=O) groups is 1. The molecule has 0 aliphatic carbocycles. The Kier molecular flexibility index (Phi) is 5.08. The molecule has 2 aromatic heterocycles. The van der Waals surface area contributed by atoms with Gasteiger partial charge in [-0.25, -0.2) is 18.6 Å². The number of nitrogens with zero attached hydrogens (tertiary/aromatic N) is 2. The van der Waals surface area contributed by atoms with E-state index in [1.165, 1.54) is 11.3 Å². The van der Waals surface area contributed by atoms with Crippen LogP contribution in [0.5, 0.6) is 0 Å². The quantitative estimate of drug-likeness (QED) is 0.636. The Bertz CT molecular complexity index is 1170. The summed E-state index contributed by atoms with van der Waals surface area (Å²) in [5.41, 5.74) is 0.400. The molecule has 1 aliphatic rings. The molecule has 9 heteroatoms. The van der Waals surface area contributed by atoms with E-state index in [0.717, 1.165) is 37.2 Å². The van der Waals surface area contributed by atoms with Crippen molar-refractivity contribution in [2.75, 3.05) is 10.6 Å².